The van der Waals surface area contributed by atoms with E-state index in [1.54, 1.807) is 39.0 Å². The summed E-state index contributed by atoms with van der Waals surface area (Å²) in [5.74, 6) is -1.65. The Morgan fingerprint density at radius 2 is 1.79 bits per heavy atom. The lowest BCUT2D eigenvalue weighted by Crippen LogP contribution is -2.51. The Morgan fingerprint density at radius 3 is 2.36 bits per heavy atom. The number of carbonyl (C=O) groups excluding carboxylic acids is 3. The topological polar surface area (TPSA) is 122 Å². The third-order valence-corrected chi connectivity index (χ3v) is 5.23. The van der Waals surface area contributed by atoms with Crippen LogP contribution in [-0.2, 0) is 37.3 Å². The number of carbonyl (C=O) groups is 3. The number of esters is 1. The van der Waals surface area contributed by atoms with Crippen molar-refractivity contribution in [3.05, 3.63) is 35.4 Å². The molecule has 9 nitrogen and oxygen atoms in total. The van der Waals surface area contributed by atoms with Crippen molar-refractivity contribution < 1.29 is 27.5 Å². The van der Waals surface area contributed by atoms with Gasteiger partial charge in [0.15, 0.2) is 6.61 Å². The van der Waals surface area contributed by atoms with Crippen molar-refractivity contribution in [1.29, 1.82) is 0 Å². The van der Waals surface area contributed by atoms with Gasteiger partial charge in [0, 0.05) is 18.5 Å². The zero-order valence-electron chi connectivity index (χ0n) is 16.3. The third-order valence-electron chi connectivity index (χ3n) is 3.99. The highest BCUT2D eigenvalue weighted by atomic mass is 32.2. The number of hydrogen-bond donors (Lipinski definition) is 2. The average molecular weight is 411 g/mol. The molecular formula is C18H25N3O6S. The van der Waals surface area contributed by atoms with Crippen molar-refractivity contribution in [2.45, 2.75) is 45.3 Å². The first kappa shape index (κ1) is 21.8. The Balaban J connectivity index is 2.02. The molecule has 1 aliphatic heterocycles. The molecule has 1 aliphatic rings. The van der Waals surface area contributed by atoms with E-state index in [-0.39, 0.29) is 13.0 Å². The molecule has 0 saturated carbocycles. The van der Waals surface area contributed by atoms with E-state index >= 15 is 0 Å². The van der Waals surface area contributed by atoms with Crippen LogP contribution in [0.1, 0.15) is 31.9 Å². The largest absolute Gasteiger partial charge is 0.454 e. The highest BCUT2D eigenvalue weighted by Gasteiger charge is 2.38. The van der Waals surface area contributed by atoms with Gasteiger partial charge in [0.1, 0.15) is 6.04 Å². The van der Waals surface area contributed by atoms with Gasteiger partial charge in [0.2, 0.25) is 10.0 Å². The van der Waals surface area contributed by atoms with E-state index in [2.05, 4.69) is 10.6 Å². The maximum atomic E-state index is 12.5. The minimum Gasteiger partial charge on any atom is -0.454 e. The van der Waals surface area contributed by atoms with Crippen LogP contribution in [0.25, 0.3) is 0 Å². The SMILES string of the molecule is CC(C)(C)NC(=O)NC(=O)COC(=O)[C@@H]1Cc2ccccc2CN1S(C)(=O)=O. The van der Waals surface area contributed by atoms with E-state index in [4.69, 9.17) is 4.74 Å². The van der Waals surface area contributed by atoms with Gasteiger partial charge in [-0.2, -0.15) is 4.31 Å². The molecule has 10 heteroatoms. The molecule has 1 heterocycles. The standard InChI is InChI=1S/C18H25N3O6S/c1-18(2,3)20-17(24)19-15(22)11-27-16(23)14-9-12-7-5-6-8-13(12)10-21(14)28(4,25)26/h5-8,14H,9-11H2,1-4H3,(H2,19,20,22,24)/t14-/m0/s1. The van der Waals surface area contributed by atoms with Gasteiger partial charge in [-0.3, -0.25) is 14.9 Å². The Morgan fingerprint density at radius 1 is 1.18 bits per heavy atom. The molecule has 28 heavy (non-hydrogen) atoms. The van der Waals surface area contributed by atoms with Gasteiger partial charge in [-0.05, 0) is 31.9 Å². The van der Waals surface area contributed by atoms with E-state index in [1.807, 2.05) is 6.07 Å². The van der Waals surface area contributed by atoms with Crippen LogP contribution in [0, 0.1) is 0 Å². The average Bonchev–Trinajstić information content (AvgIpc) is 2.56. The lowest BCUT2D eigenvalue weighted by atomic mass is 9.96. The Bertz CT molecular complexity index is 876. The molecule has 0 aliphatic carbocycles. The number of rotatable bonds is 4. The lowest BCUT2D eigenvalue weighted by Gasteiger charge is -2.33. The molecular weight excluding hydrogens is 386 g/mol. The van der Waals surface area contributed by atoms with Crippen LogP contribution in [0.3, 0.4) is 0 Å². The molecule has 3 amide bonds. The monoisotopic (exact) mass is 411 g/mol. The molecule has 2 N–H and O–H groups in total. The summed E-state index contributed by atoms with van der Waals surface area (Å²) >= 11 is 0. The Labute approximate surface area is 164 Å². The number of fused-ring (bicyclic) bond motifs is 1. The predicted molar refractivity (Wildman–Crippen MR) is 102 cm³/mol. The fourth-order valence-electron chi connectivity index (χ4n) is 2.82. The second-order valence-electron chi connectivity index (χ2n) is 7.66. The van der Waals surface area contributed by atoms with Crippen molar-refractivity contribution >= 4 is 27.9 Å². The fraction of sp³-hybridized carbons (Fsp3) is 0.500. The van der Waals surface area contributed by atoms with Gasteiger partial charge >= 0.3 is 12.0 Å². The molecule has 0 unspecified atom stereocenters. The van der Waals surface area contributed by atoms with Crippen LogP contribution in [0.5, 0.6) is 0 Å². The van der Waals surface area contributed by atoms with Gasteiger partial charge in [-0.1, -0.05) is 24.3 Å². The number of nitrogens with zero attached hydrogens (tertiary/aromatic N) is 1. The number of hydrogen-bond acceptors (Lipinski definition) is 6. The number of sulfonamides is 1. The summed E-state index contributed by atoms with van der Waals surface area (Å²) in [5.41, 5.74) is 1.12. The van der Waals surface area contributed by atoms with E-state index in [9.17, 15) is 22.8 Å². The molecule has 0 saturated heterocycles. The predicted octanol–water partition coefficient (Wildman–Crippen LogP) is 0.540. The quantitative estimate of drug-likeness (QED) is 0.698. The summed E-state index contributed by atoms with van der Waals surface area (Å²) in [6.45, 7) is 4.61. The van der Waals surface area contributed by atoms with Crippen molar-refractivity contribution in [1.82, 2.24) is 14.9 Å². The second-order valence-corrected chi connectivity index (χ2v) is 9.59. The second kappa shape index (κ2) is 8.27. The number of amides is 3. The normalized spacial score (nSPS) is 17.4. The van der Waals surface area contributed by atoms with E-state index in [0.29, 0.717) is 0 Å². The molecule has 2 rings (SSSR count). The fourth-order valence-corrected chi connectivity index (χ4v) is 3.81. The summed E-state index contributed by atoms with van der Waals surface area (Å²) in [5, 5.41) is 4.59. The van der Waals surface area contributed by atoms with Gasteiger partial charge in [-0.15, -0.1) is 0 Å². The van der Waals surface area contributed by atoms with Gasteiger partial charge in [0.25, 0.3) is 5.91 Å². The van der Waals surface area contributed by atoms with Crippen molar-refractivity contribution in [2.75, 3.05) is 12.9 Å². The zero-order valence-corrected chi connectivity index (χ0v) is 17.1. The minimum atomic E-state index is -3.67. The minimum absolute atomic E-state index is 0.0506. The van der Waals surface area contributed by atoms with Gasteiger partial charge in [-0.25, -0.2) is 13.2 Å². The molecule has 0 radical (unpaired) electrons. The smallest absolute Gasteiger partial charge is 0.325 e. The van der Waals surface area contributed by atoms with Crippen LogP contribution in [0.2, 0.25) is 0 Å². The Hall–Kier alpha value is -2.46. The summed E-state index contributed by atoms with van der Waals surface area (Å²) in [7, 11) is -3.67. The lowest BCUT2D eigenvalue weighted by molar-refractivity contribution is -0.152. The third kappa shape index (κ3) is 6.03. The van der Waals surface area contributed by atoms with Crippen molar-refractivity contribution in [3.63, 3.8) is 0 Å². The summed E-state index contributed by atoms with van der Waals surface area (Å²) in [6.07, 6.45) is 1.17. The number of benzene rings is 1. The van der Waals surface area contributed by atoms with Crippen LogP contribution in [0.15, 0.2) is 24.3 Å². The van der Waals surface area contributed by atoms with E-state index < -0.39 is 46.1 Å². The maximum absolute atomic E-state index is 12.5. The van der Waals surface area contributed by atoms with Crippen LogP contribution in [-0.4, -0.2) is 55.1 Å². The van der Waals surface area contributed by atoms with Crippen LogP contribution < -0.4 is 10.6 Å². The van der Waals surface area contributed by atoms with Crippen molar-refractivity contribution in [3.8, 4) is 0 Å². The highest BCUT2D eigenvalue weighted by molar-refractivity contribution is 7.88. The number of urea groups is 1. The molecule has 1 atom stereocenters. The zero-order chi connectivity index (χ0) is 21.1. The molecule has 0 bridgehead atoms. The van der Waals surface area contributed by atoms with E-state index in [0.717, 1.165) is 21.7 Å². The van der Waals surface area contributed by atoms with Gasteiger partial charge in [0.05, 0.1) is 6.26 Å². The summed E-state index contributed by atoms with van der Waals surface area (Å²) in [4.78, 5) is 36.0. The molecule has 154 valence electrons. The molecule has 1 aromatic rings. The van der Waals surface area contributed by atoms with Crippen LogP contribution >= 0.6 is 0 Å². The Kier molecular flexibility index (Phi) is 6.45. The molecule has 1 aromatic carbocycles. The highest BCUT2D eigenvalue weighted by Crippen LogP contribution is 2.26. The summed E-state index contributed by atoms with van der Waals surface area (Å²) < 4.78 is 30.3. The number of ether oxygens (including phenoxy) is 1. The molecule has 0 fully saturated rings. The van der Waals surface area contributed by atoms with Crippen LogP contribution in [0.4, 0.5) is 4.79 Å². The molecule has 0 aromatic heterocycles. The first-order chi connectivity index (χ1) is 12.9. The summed E-state index contributed by atoms with van der Waals surface area (Å²) in [6, 6.07) is 5.44. The number of nitrogens with one attached hydrogen (secondary N) is 2. The van der Waals surface area contributed by atoms with E-state index in [1.165, 1.54) is 0 Å². The van der Waals surface area contributed by atoms with Crippen molar-refractivity contribution in [2.24, 2.45) is 0 Å². The maximum Gasteiger partial charge on any atom is 0.325 e. The van der Waals surface area contributed by atoms with Gasteiger partial charge < -0.3 is 10.1 Å². The number of imide groups is 1. The molecule has 0 spiro atoms. The first-order valence-electron chi connectivity index (χ1n) is 8.69. The first-order valence-corrected chi connectivity index (χ1v) is 10.5.